The van der Waals surface area contributed by atoms with E-state index in [4.69, 9.17) is 21.4 Å². The number of hydrogen-bond donors (Lipinski definition) is 6. The number of amides is 1. The molecule has 0 aliphatic carbocycles. The number of carboxylic acid groups (broad SMARTS) is 1. The van der Waals surface area contributed by atoms with Crippen molar-refractivity contribution >= 4 is 33.5 Å². The van der Waals surface area contributed by atoms with Crippen LogP contribution in [0.1, 0.15) is 71.3 Å². The van der Waals surface area contributed by atoms with E-state index in [0.29, 0.717) is 44.2 Å². The number of benzene rings is 1. The minimum atomic E-state index is -3.99. The SMILES string of the molecule is CC(=O)O.CCC1(CC)CNc2c(cccc2S(=O)(=O)N[C@@H](CCCN=C(N)N)C(=O)N2CCC(CCO)CC2)C1. The van der Waals surface area contributed by atoms with Gasteiger partial charge in [0.1, 0.15) is 10.9 Å². The molecule has 41 heavy (non-hydrogen) atoms. The van der Waals surface area contributed by atoms with E-state index in [-0.39, 0.29) is 35.2 Å². The molecular formula is C28H48N6O6S. The Morgan fingerprint density at radius 1 is 1.22 bits per heavy atom. The number of anilines is 1. The van der Waals surface area contributed by atoms with Crippen molar-refractivity contribution in [3.05, 3.63) is 23.8 Å². The van der Waals surface area contributed by atoms with Crippen LogP contribution in [0.5, 0.6) is 0 Å². The maximum atomic E-state index is 13.7. The first-order valence-corrected chi connectivity index (χ1v) is 15.9. The zero-order chi connectivity index (χ0) is 30.6. The van der Waals surface area contributed by atoms with Gasteiger partial charge in [-0.15, -0.1) is 0 Å². The van der Waals surface area contributed by atoms with Crippen LogP contribution in [0, 0.1) is 11.3 Å². The number of carboxylic acids is 1. The van der Waals surface area contributed by atoms with Gasteiger partial charge in [-0.3, -0.25) is 14.6 Å². The van der Waals surface area contributed by atoms with Crippen LogP contribution in [0.4, 0.5) is 5.69 Å². The molecule has 2 aliphatic heterocycles. The highest BCUT2D eigenvalue weighted by Gasteiger charge is 2.36. The summed E-state index contributed by atoms with van der Waals surface area (Å²) in [6.07, 6.45) is 5.88. The van der Waals surface area contributed by atoms with Crippen LogP contribution in [-0.2, 0) is 26.0 Å². The van der Waals surface area contributed by atoms with Crippen molar-refractivity contribution in [3.8, 4) is 0 Å². The molecule has 1 atom stereocenters. The van der Waals surface area contributed by atoms with E-state index in [1.54, 1.807) is 17.0 Å². The number of para-hydroxylation sites is 1. The Bertz CT molecular complexity index is 1140. The van der Waals surface area contributed by atoms with Crippen LogP contribution < -0.4 is 21.5 Å². The van der Waals surface area contributed by atoms with Crippen LogP contribution >= 0.6 is 0 Å². The quantitative estimate of drug-likeness (QED) is 0.118. The van der Waals surface area contributed by atoms with Crippen molar-refractivity contribution in [2.24, 2.45) is 27.8 Å². The van der Waals surface area contributed by atoms with E-state index in [1.807, 2.05) is 6.07 Å². The Labute approximate surface area is 244 Å². The molecule has 13 heteroatoms. The molecule has 232 valence electrons. The van der Waals surface area contributed by atoms with Gasteiger partial charge in [0, 0.05) is 39.7 Å². The lowest BCUT2D eigenvalue weighted by atomic mass is 9.74. The molecule has 1 amide bonds. The fourth-order valence-corrected chi connectivity index (χ4v) is 6.92. The Hall–Kier alpha value is -2.90. The van der Waals surface area contributed by atoms with Crippen molar-refractivity contribution < 1.29 is 28.2 Å². The molecule has 1 aromatic carbocycles. The molecule has 8 N–H and O–H groups in total. The Morgan fingerprint density at radius 2 is 1.85 bits per heavy atom. The normalized spacial score (nSPS) is 17.3. The molecule has 0 unspecified atom stereocenters. The number of nitrogens with zero attached hydrogens (tertiary/aromatic N) is 2. The number of fused-ring (bicyclic) bond motifs is 1. The van der Waals surface area contributed by atoms with Crippen molar-refractivity contribution in [2.75, 3.05) is 38.1 Å². The number of guanidine groups is 1. The van der Waals surface area contributed by atoms with Crippen LogP contribution in [0.3, 0.4) is 0 Å². The molecule has 0 aromatic heterocycles. The zero-order valence-corrected chi connectivity index (χ0v) is 25.4. The number of nitrogens with one attached hydrogen (secondary N) is 2. The summed E-state index contributed by atoms with van der Waals surface area (Å²) in [4.78, 5) is 28.4. The van der Waals surface area contributed by atoms with Crippen molar-refractivity contribution in [1.82, 2.24) is 9.62 Å². The smallest absolute Gasteiger partial charge is 0.300 e. The summed E-state index contributed by atoms with van der Waals surface area (Å²) in [7, 11) is -3.99. The monoisotopic (exact) mass is 596 g/mol. The summed E-state index contributed by atoms with van der Waals surface area (Å²) in [5.74, 6) is -0.720. The lowest BCUT2D eigenvalue weighted by molar-refractivity contribution is -0.135. The summed E-state index contributed by atoms with van der Waals surface area (Å²) in [6, 6.07) is 4.44. The molecule has 0 radical (unpaired) electrons. The lowest BCUT2D eigenvalue weighted by Crippen LogP contribution is -2.51. The standard InChI is InChI=1S/C26H44N6O4S.C2H4O2/c1-3-26(4-2)17-20-7-5-9-22(23(20)30-18-26)37(35,36)31-21(8-6-13-29-25(27)28)24(34)32-14-10-19(11-15-32)12-16-33;1-2(3)4/h5,7,9,19,21,30-31,33H,3-4,6,8,10-18H2,1-2H3,(H4,27,28,29);1H3,(H,3,4)/t21-;/m0./s1. The number of rotatable bonds is 12. The van der Waals surface area contributed by atoms with Gasteiger partial charge in [0.25, 0.3) is 5.97 Å². The molecule has 2 aliphatic rings. The van der Waals surface area contributed by atoms with Crippen LogP contribution in [0.15, 0.2) is 28.1 Å². The van der Waals surface area contributed by atoms with Crippen LogP contribution in [-0.4, -0.2) is 80.2 Å². The first kappa shape index (κ1) is 34.3. The van der Waals surface area contributed by atoms with Crippen LogP contribution in [0.2, 0.25) is 0 Å². The molecule has 12 nitrogen and oxygen atoms in total. The maximum absolute atomic E-state index is 13.7. The average Bonchev–Trinajstić information content (AvgIpc) is 2.93. The van der Waals surface area contributed by atoms with Crippen molar-refractivity contribution in [3.63, 3.8) is 0 Å². The number of sulfonamides is 1. The molecule has 0 bridgehead atoms. The first-order valence-electron chi connectivity index (χ1n) is 14.4. The number of carbonyl (C=O) groups excluding carboxylic acids is 1. The van der Waals surface area contributed by atoms with Gasteiger partial charge in [0.2, 0.25) is 15.9 Å². The highest BCUT2D eigenvalue weighted by Crippen LogP contribution is 2.40. The zero-order valence-electron chi connectivity index (χ0n) is 24.6. The highest BCUT2D eigenvalue weighted by molar-refractivity contribution is 7.89. The third-order valence-corrected chi connectivity index (χ3v) is 9.63. The molecule has 0 spiro atoms. The molecule has 1 aromatic rings. The second kappa shape index (κ2) is 15.9. The van der Waals surface area contributed by atoms with Gasteiger partial charge < -0.3 is 31.9 Å². The third kappa shape index (κ3) is 10.2. The number of aliphatic carboxylic acids is 1. The Balaban J connectivity index is 0.00000138. The first-order chi connectivity index (χ1) is 19.4. The number of piperidine rings is 1. The summed E-state index contributed by atoms with van der Waals surface area (Å²) in [5.41, 5.74) is 12.6. The van der Waals surface area contributed by atoms with Crippen LogP contribution in [0.25, 0.3) is 0 Å². The fourth-order valence-electron chi connectivity index (χ4n) is 5.47. The van der Waals surface area contributed by atoms with Gasteiger partial charge in [0.15, 0.2) is 5.96 Å². The van der Waals surface area contributed by atoms with Gasteiger partial charge in [0.05, 0.1) is 5.69 Å². The number of likely N-dealkylation sites (tertiary alicyclic amines) is 1. The lowest BCUT2D eigenvalue weighted by Gasteiger charge is -2.38. The molecule has 3 rings (SSSR count). The fraction of sp³-hybridized carbons (Fsp3) is 0.679. The molecule has 1 fully saturated rings. The van der Waals surface area contributed by atoms with E-state index in [2.05, 4.69) is 28.9 Å². The summed E-state index contributed by atoms with van der Waals surface area (Å²) in [6.45, 7) is 7.68. The van der Waals surface area contributed by atoms with E-state index >= 15 is 0 Å². The van der Waals surface area contributed by atoms with Gasteiger partial charge >= 0.3 is 0 Å². The molecule has 1 saturated heterocycles. The Kier molecular flexibility index (Phi) is 13.3. The maximum Gasteiger partial charge on any atom is 0.300 e. The van der Waals surface area contributed by atoms with Gasteiger partial charge in [-0.25, -0.2) is 8.42 Å². The second-order valence-electron chi connectivity index (χ2n) is 11.0. The second-order valence-corrected chi connectivity index (χ2v) is 12.6. The highest BCUT2D eigenvalue weighted by atomic mass is 32.2. The minimum absolute atomic E-state index is 0.0355. The summed E-state index contributed by atoms with van der Waals surface area (Å²) in [5, 5.41) is 20.0. The number of carbonyl (C=O) groups is 2. The van der Waals surface area contributed by atoms with Gasteiger partial charge in [-0.05, 0) is 74.3 Å². The number of hydrogen-bond acceptors (Lipinski definition) is 7. The molecule has 2 heterocycles. The number of aliphatic hydroxyl groups is 1. The molecule has 0 saturated carbocycles. The van der Waals surface area contributed by atoms with E-state index < -0.39 is 22.0 Å². The predicted molar refractivity (Wildman–Crippen MR) is 160 cm³/mol. The largest absolute Gasteiger partial charge is 0.481 e. The van der Waals surface area contributed by atoms with E-state index in [1.165, 1.54) is 0 Å². The predicted octanol–water partition coefficient (Wildman–Crippen LogP) is 1.87. The van der Waals surface area contributed by atoms with Crippen molar-refractivity contribution in [1.29, 1.82) is 0 Å². The van der Waals surface area contributed by atoms with E-state index in [0.717, 1.165) is 51.0 Å². The third-order valence-electron chi connectivity index (χ3n) is 8.11. The minimum Gasteiger partial charge on any atom is -0.481 e. The number of aliphatic imine (C=N–C) groups is 1. The topological polar surface area (TPSA) is 200 Å². The molecular weight excluding hydrogens is 548 g/mol. The number of aliphatic hydroxyl groups excluding tert-OH is 1. The van der Waals surface area contributed by atoms with Crippen molar-refractivity contribution in [2.45, 2.75) is 83.1 Å². The van der Waals surface area contributed by atoms with Gasteiger partial charge in [-0.1, -0.05) is 26.0 Å². The Morgan fingerprint density at radius 3 is 2.41 bits per heavy atom. The summed E-state index contributed by atoms with van der Waals surface area (Å²) >= 11 is 0. The van der Waals surface area contributed by atoms with Gasteiger partial charge in [-0.2, -0.15) is 4.72 Å². The number of nitrogens with two attached hydrogens (primary N) is 2. The average molecular weight is 597 g/mol. The van der Waals surface area contributed by atoms with E-state index in [9.17, 15) is 18.3 Å². The summed E-state index contributed by atoms with van der Waals surface area (Å²) < 4.78 is 30.0.